The third-order valence-corrected chi connectivity index (χ3v) is 10.7. The quantitative estimate of drug-likeness (QED) is 0.309. The first-order chi connectivity index (χ1) is 14.7. The standard InChI is InChI=1S/C26H18O2Se2/c27-25(23-15-11-21(12-16-23)19-7-3-1-4-8-19)29-30-26(28)24-17-13-22(14-18-24)20-9-5-2-6-10-20/h1-18H. The molecule has 30 heavy (non-hydrogen) atoms. The Balaban J connectivity index is 1.36. The molecule has 0 radical (unpaired) electrons. The Morgan fingerprint density at radius 3 is 1.03 bits per heavy atom. The normalized spacial score (nSPS) is 10.5. The molecule has 0 saturated carbocycles. The van der Waals surface area contributed by atoms with E-state index in [0.717, 1.165) is 22.3 Å². The van der Waals surface area contributed by atoms with Gasteiger partial charge in [-0.3, -0.25) is 0 Å². The number of hydrogen-bond donors (Lipinski definition) is 0. The molecule has 0 aliphatic rings. The first kappa shape index (κ1) is 20.5. The fourth-order valence-corrected chi connectivity index (χ4v) is 8.07. The maximum absolute atomic E-state index is 12.6. The number of carbonyl (C=O) groups excluding carboxylic acids is 2. The van der Waals surface area contributed by atoms with Crippen molar-refractivity contribution in [2.24, 2.45) is 0 Å². The topological polar surface area (TPSA) is 34.1 Å². The molecule has 0 fully saturated rings. The van der Waals surface area contributed by atoms with Gasteiger partial charge in [0.05, 0.1) is 0 Å². The van der Waals surface area contributed by atoms with Crippen LogP contribution in [0.2, 0.25) is 0 Å². The van der Waals surface area contributed by atoms with E-state index in [1.165, 1.54) is 0 Å². The van der Waals surface area contributed by atoms with Crippen LogP contribution < -0.4 is 0 Å². The Labute approximate surface area is 187 Å². The second kappa shape index (κ2) is 9.84. The molecule has 0 aromatic heterocycles. The summed E-state index contributed by atoms with van der Waals surface area (Å²) in [4.78, 5) is 25.1. The number of benzene rings is 4. The molecule has 0 aliphatic heterocycles. The Morgan fingerprint density at radius 1 is 0.400 bits per heavy atom. The monoisotopic (exact) mass is 522 g/mol. The Kier molecular flexibility index (Phi) is 6.73. The fraction of sp³-hybridized carbons (Fsp3) is 0. The van der Waals surface area contributed by atoms with Gasteiger partial charge < -0.3 is 0 Å². The van der Waals surface area contributed by atoms with Crippen LogP contribution in [0.5, 0.6) is 0 Å². The number of rotatable bonds is 7. The first-order valence-corrected chi connectivity index (χ1v) is 15.5. The maximum atomic E-state index is 12.6. The number of carbonyl (C=O) groups is 2. The Hall–Kier alpha value is -2.74. The zero-order chi connectivity index (χ0) is 20.8. The molecule has 0 N–H and O–H groups in total. The van der Waals surface area contributed by atoms with Crippen molar-refractivity contribution in [2.75, 3.05) is 0 Å². The van der Waals surface area contributed by atoms with Crippen LogP contribution in [0.1, 0.15) is 20.7 Å². The van der Waals surface area contributed by atoms with Crippen LogP contribution in [0.4, 0.5) is 0 Å². The predicted molar refractivity (Wildman–Crippen MR) is 124 cm³/mol. The van der Waals surface area contributed by atoms with Crippen molar-refractivity contribution in [3.05, 3.63) is 120 Å². The van der Waals surface area contributed by atoms with Crippen LogP contribution in [-0.2, 0) is 0 Å². The molecule has 4 rings (SSSR count). The molecular weight excluding hydrogens is 502 g/mol. The molecule has 2 nitrogen and oxygen atoms in total. The van der Waals surface area contributed by atoms with Crippen LogP contribution in [-0.4, -0.2) is 35.6 Å². The zero-order valence-electron chi connectivity index (χ0n) is 16.0. The molecule has 0 atom stereocenters. The summed E-state index contributed by atoms with van der Waals surface area (Å²) in [5, 5.41) is 0. The van der Waals surface area contributed by atoms with Gasteiger partial charge in [0, 0.05) is 0 Å². The van der Waals surface area contributed by atoms with E-state index >= 15 is 0 Å². The molecule has 0 amide bonds. The molecule has 0 heterocycles. The molecule has 0 spiro atoms. The second-order valence-corrected chi connectivity index (χ2v) is 12.5. The summed E-state index contributed by atoms with van der Waals surface area (Å²) < 4.78 is 0.160. The summed E-state index contributed by atoms with van der Waals surface area (Å²) >= 11 is -0.701. The molecule has 4 aromatic carbocycles. The zero-order valence-corrected chi connectivity index (χ0v) is 19.5. The molecule has 146 valence electrons. The third-order valence-electron chi connectivity index (χ3n) is 4.65. The van der Waals surface area contributed by atoms with E-state index in [9.17, 15) is 9.59 Å². The summed E-state index contributed by atoms with van der Waals surface area (Å²) in [6, 6.07) is 35.5. The van der Waals surface area contributed by atoms with Crippen LogP contribution in [0, 0.1) is 0 Å². The van der Waals surface area contributed by atoms with E-state index in [1.807, 2.05) is 109 Å². The van der Waals surface area contributed by atoms with Crippen molar-refractivity contribution in [2.45, 2.75) is 0 Å². The fourth-order valence-electron chi connectivity index (χ4n) is 3.03. The van der Waals surface area contributed by atoms with Gasteiger partial charge in [-0.2, -0.15) is 0 Å². The van der Waals surface area contributed by atoms with E-state index in [-0.39, 0.29) is 35.6 Å². The Bertz CT molecular complexity index is 1040. The van der Waals surface area contributed by atoms with Gasteiger partial charge in [-0.25, -0.2) is 0 Å². The average Bonchev–Trinajstić information content (AvgIpc) is 2.83. The van der Waals surface area contributed by atoms with Crippen molar-refractivity contribution in [1.29, 1.82) is 0 Å². The molecular formula is C26H18O2Se2. The van der Waals surface area contributed by atoms with Crippen molar-refractivity contribution in [3.63, 3.8) is 0 Å². The molecule has 0 bridgehead atoms. The molecule has 4 heteroatoms. The van der Waals surface area contributed by atoms with E-state index in [4.69, 9.17) is 0 Å². The Morgan fingerprint density at radius 2 is 0.700 bits per heavy atom. The van der Waals surface area contributed by atoms with E-state index in [1.54, 1.807) is 0 Å². The summed E-state index contributed by atoms with van der Waals surface area (Å²) in [6.45, 7) is 0. The van der Waals surface area contributed by atoms with Gasteiger partial charge in [-0.1, -0.05) is 0 Å². The van der Waals surface area contributed by atoms with Gasteiger partial charge in [0.1, 0.15) is 0 Å². The van der Waals surface area contributed by atoms with E-state index in [2.05, 4.69) is 0 Å². The molecule has 0 aliphatic carbocycles. The summed E-state index contributed by atoms with van der Waals surface area (Å²) in [5.41, 5.74) is 5.78. The van der Waals surface area contributed by atoms with Crippen molar-refractivity contribution >= 4 is 35.6 Å². The van der Waals surface area contributed by atoms with Crippen LogP contribution in [0.3, 0.4) is 0 Å². The van der Waals surface area contributed by atoms with Gasteiger partial charge >= 0.3 is 188 Å². The third kappa shape index (κ3) is 5.05. The van der Waals surface area contributed by atoms with E-state index < -0.39 is 0 Å². The second-order valence-electron chi connectivity index (χ2n) is 6.63. The first-order valence-electron chi connectivity index (χ1n) is 9.45. The van der Waals surface area contributed by atoms with Crippen molar-refractivity contribution < 1.29 is 9.59 Å². The molecule has 0 saturated heterocycles. The summed E-state index contributed by atoms with van der Waals surface area (Å²) in [7, 11) is 0. The van der Waals surface area contributed by atoms with Crippen LogP contribution in [0.15, 0.2) is 109 Å². The van der Waals surface area contributed by atoms with Crippen molar-refractivity contribution in [1.82, 2.24) is 0 Å². The minimum atomic E-state index is -0.351. The predicted octanol–water partition coefficient (Wildman–Crippen LogP) is 5.32. The summed E-state index contributed by atoms with van der Waals surface area (Å²) in [5.74, 6) is 0. The van der Waals surface area contributed by atoms with Crippen molar-refractivity contribution in [3.8, 4) is 22.3 Å². The molecule has 4 aromatic rings. The van der Waals surface area contributed by atoms with Gasteiger partial charge in [-0.05, 0) is 0 Å². The average molecular weight is 520 g/mol. The number of hydrogen-bond acceptors (Lipinski definition) is 2. The minimum absolute atomic E-state index is 0.0800. The van der Waals surface area contributed by atoms with E-state index in [0.29, 0.717) is 11.1 Å². The van der Waals surface area contributed by atoms with Gasteiger partial charge in [-0.15, -0.1) is 0 Å². The van der Waals surface area contributed by atoms with Gasteiger partial charge in [0.2, 0.25) is 0 Å². The van der Waals surface area contributed by atoms with Gasteiger partial charge in [0.15, 0.2) is 0 Å². The van der Waals surface area contributed by atoms with Gasteiger partial charge in [0.25, 0.3) is 0 Å². The van der Waals surface area contributed by atoms with Crippen LogP contribution >= 0.6 is 0 Å². The SMILES string of the molecule is O=C([Se][Se]C(=O)c1ccc(-c2ccccc2)cc1)c1ccc(-c2ccccc2)cc1. The summed E-state index contributed by atoms with van der Waals surface area (Å²) in [6.07, 6.45) is 0. The van der Waals surface area contributed by atoms with Crippen LogP contribution in [0.25, 0.3) is 22.3 Å². The molecule has 0 unspecified atom stereocenters.